The van der Waals surface area contributed by atoms with Crippen molar-refractivity contribution in [3.05, 3.63) is 12.1 Å². The average molecular weight is 168 g/mol. The van der Waals surface area contributed by atoms with Crippen LogP contribution in [0.15, 0.2) is 12.1 Å². The molecule has 0 N–H and O–H groups in total. The minimum atomic E-state index is 0.529. The summed E-state index contributed by atoms with van der Waals surface area (Å²) in [4.78, 5) is 0. The summed E-state index contributed by atoms with van der Waals surface area (Å²) in [6.07, 6.45) is 0. The van der Waals surface area contributed by atoms with Crippen molar-refractivity contribution >= 4 is 0 Å². The van der Waals surface area contributed by atoms with Gasteiger partial charge in [0.05, 0.1) is 13.2 Å². The van der Waals surface area contributed by atoms with E-state index >= 15 is 0 Å². The molecule has 0 bridgehead atoms. The minimum Gasteiger partial charge on any atom is -0.477 e. The smallest absolute Gasteiger partial charge is 0.233 e. The highest BCUT2D eigenvalue weighted by Gasteiger charge is 1.96. The Bertz CT molecular complexity index is 198. The van der Waals surface area contributed by atoms with Crippen LogP contribution < -0.4 is 9.47 Å². The molecule has 1 aromatic heterocycles. The number of hydrogen-bond acceptors (Lipinski definition) is 4. The van der Waals surface area contributed by atoms with Crippen LogP contribution in [0.1, 0.15) is 13.8 Å². The molecule has 66 valence electrons. The molecule has 1 aromatic rings. The van der Waals surface area contributed by atoms with Crippen LogP contribution in [0.5, 0.6) is 11.8 Å². The quantitative estimate of drug-likeness (QED) is 0.679. The zero-order chi connectivity index (χ0) is 8.81. The molecular weight excluding hydrogens is 156 g/mol. The van der Waals surface area contributed by atoms with Gasteiger partial charge < -0.3 is 9.47 Å². The zero-order valence-electron chi connectivity index (χ0n) is 7.28. The summed E-state index contributed by atoms with van der Waals surface area (Å²) in [5, 5.41) is 7.58. The molecule has 0 aliphatic rings. The second-order valence-electron chi connectivity index (χ2n) is 2.08. The third-order valence-corrected chi connectivity index (χ3v) is 1.20. The Morgan fingerprint density at radius 2 is 1.42 bits per heavy atom. The van der Waals surface area contributed by atoms with Gasteiger partial charge in [0.25, 0.3) is 0 Å². The molecule has 12 heavy (non-hydrogen) atoms. The fourth-order valence-corrected chi connectivity index (χ4v) is 0.758. The Morgan fingerprint density at radius 3 is 1.67 bits per heavy atom. The largest absolute Gasteiger partial charge is 0.477 e. The van der Waals surface area contributed by atoms with Gasteiger partial charge in [-0.05, 0) is 13.8 Å². The topological polar surface area (TPSA) is 44.2 Å². The maximum Gasteiger partial charge on any atom is 0.233 e. The molecule has 4 nitrogen and oxygen atoms in total. The third-order valence-electron chi connectivity index (χ3n) is 1.20. The summed E-state index contributed by atoms with van der Waals surface area (Å²) in [5.74, 6) is 1.06. The van der Waals surface area contributed by atoms with Gasteiger partial charge in [-0.1, -0.05) is 0 Å². The normalized spacial score (nSPS) is 9.50. The monoisotopic (exact) mass is 168 g/mol. The van der Waals surface area contributed by atoms with E-state index in [1.807, 2.05) is 13.8 Å². The molecule has 0 aromatic carbocycles. The predicted molar refractivity (Wildman–Crippen MR) is 44.4 cm³/mol. The molecule has 1 rings (SSSR count). The van der Waals surface area contributed by atoms with Crippen LogP contribution in [-0.2, 0) is 0 Å². The molecule has 0 aliphatic carbocycles. The lowest BCUT2D eigenvalue weighted by Crippen LogP contribution is -1.99. The van der Waals surface area contributed by atoms with Crippen molar-refractivity contribution in [2.24, 2.45) is 0 Å². The summed E-state index contributed by atoms with van der Waals surface area (Å²) in [5.41, 5.74) is 0. The van der Waals surface area contributed by atoms with Gasteiger partial charge in [0.1, 0.15) is 0 Å². The molecule has 4 heteroatoms. The molecule has 0 aliphatic heterocycles. The van der Waals surface area contributed by atoms with Crippen molar-refractivity contribution in [3.63, 3.8) is 0 Å². The van der Waals surface area contributed by atoms with E-state index in [2.05, 4.69) is 10.2 Å². The number of nitrogens with zero attached hydrogens (tertiary/aromatic N) is 2. The van der Waals surface area contributed by atoms with Gasteiger partial charge in [0.15, 0.2) is 0 Å². The van der Waals surface area contributed by atoms with Crippen LogP contribution in [0.4, 0.5) is 0 Å². The number of aromatic nitrogens is 2. The first-order valence-corrected chi connectivity index (χ1v) is 3.96. The van der Waals surface area contributed by atoms with Crippen LogP contribution in [0.2, 0.25) is 0 Å². The predicted octanol–water partition coefficient (Wildman–Crippen LogP) is 1.27. The SMILES string of the molecule is CCOc1ccc(OCC)nn1. The summed E-state index contributed by atoms with van der Waals surface area (Å²) >= 11 is 0. The van der Waals surface area contributed by atoms with E-state index in [1.54, 1.807) is 12.1 Å². The Kier molecular flexibility index (Phi) is 3.32. The van der Waals surface area contributed by atoms with Gasteiger partial charge in [-0.15, -0.1) is 10.2 Å². The summed E-state index contributed by atoms with van der Waals surface area (Å²) in [6.45, 7) is 5.00. The van der Waals surface area contributed by atoms with Crippen LogP contribution in [0.3, 0.4) is 0 Å². The summed E-state index contributed by atoms with van der Waals surface area (Å²) < 4.78 is 10.2. The maximum absolute atomic E-state index is 5.11. The molecule has 0 saturated carbocycles. The van der Waals surface area contributed by atoms with Crippen molar-refractivity contribution in [1.29, 1.82) is 0 Å². The van der Waals surface area contributed by atoms with Crippen molar-refractivity contribution in [2.75, 3.05) is 13.2 Å². The number of hydrogen-bond donors (Lipinski definition) is 0. The van der Waals surface area contributed by atoms with Gasteiger partial charge in [0.2, 0.25) is 11.8 Å². The van der Waals surface area contributed by atoms with Crippen LogP contribution in [-0.4, -0.2) is 23.4 Å². The Balaban J connectivity index is 2.58. The van der Waals surface area contributed by atoms with E-state index < -0.39 is 0 Å². The lowest BCUT2D eigenvalue weighted by atomic mass is 10.5. The molecule has 0 fully saturated rings. The second kappa shape index (κ2) is 4.54. The average Bonchev–Trinajstić information content (AvgIpc) is 2.09. The van der Waals surface area contributed by atoms with E-state index in [0.717, 1.165) is 0 Å². The Morgan fingerprint density at radius 1 is 1.00 bits per heavy atom. The van der Waals surface area contributed by atoms with Gasteiger partial charge >= 0.3 is 0 Å². The van der Waals surface area contributed by atoms with Crippen LogP contribution in [0, 0.1) is 0 Å². The molecular formula is C8H12N2O2. The van der Waals surface area contributed by atoms with E-state index in [9.17, 15) is 0 Å². The van der Waals surface area contributed by atoms with Gasteiger partial charge in [0, 0.05) is 12.1 Å². The fourth-order valence-electron chi connectivity index (χ4n) is 0.758. The van der Waals surface area contributed by atoms with Crippen molar-refractivity contribution in [3.8, 4) is 11.8 Å². The molecule has 0 spiro atoms. The number of rotatable bonds is 4. The summed E-state index contributed by atoms with van der Waals surface area (Å²) in [6, 6.07) is 3.48. The number of ether oxygens (including phenoxy) is 2. The minimum absolute atomic E-state index is 0.529. The molecule has 1 heterocycles. The summed E-state index contributed by atoms with van der Waals surface area (Å²) in [7, 11) is 0. The lowest BCUT2D eigenvalue weighted by Gasteiger charge is -2.02. The lowest BCUT2D eigenvalue weighted by molar-refractivity contribution is 0.303. The van der Waals surface area contributed by atoms with Crippen molar-refractivity contribution < 1.29 is 9.47 Å². The molecule has 0 amide bonds. The highest BCUT2D eigenvalue weighted by Crippen LogP contribution is 2.09. The molecule has 0 unspecified atom stereocenters. The van der Waals surface area contributed by atoms with E-state index in [4.69, 9.17) is 9.47 Å². The first-order chi connectivity index (χ1) is 5.86. The van der Waals surface area contributed by atoms with E-state index in [1.165, 1.54) is 0 Å². The van der Waals surface area contributed by atoms with Crippen LogP contribution >= 0.6 is 0 Å². The van der Waals surface area contributed by atoms with E-state index in [-0.39, 0.29) is 0 Å². The molecule has 0 atom stereocenters. The van der Waals surface area contributed by atoms with E-state index in [0.29, 0.717) is 25.0 Å². The first-order valence-electron chi connectivity index (χ1n) is 3.96. The Labute approximate surface area is 71.5 Å². The highest BCUT2D eigenvalue weighted by molar-refractivity contribution is 5.15. The zero-order valence-corrected chi connectivity index (χ0v) is 7.28. The Hall–Kier alpha value is -1.32. The van der Waals surface area contributed by atoms with Gasteiger partial charge in [-0.2, -0.15) is 0 Å². The van der Waals surface area contributed by atoms with Gasteiger partial charge in [-0.3, -0.25) is 0 Å². The fraction of sp³-hybridized carbons (Fsp3) is 0.500. The highest BCUT2D eigenvalue weighted by atomic mass is 16.5. The molecule has 0 radical (unpaired) electrons. The maximum atomic E-state index is 5.11. The van der Waals surface area contributed by atoms with Gasteiger partial charge in [-0.25, -0.2) is 0 Å². The first kappa shape index (κ1) is 8.77. The van der Waals surface area contributed by atoms with Crippen LogP contribution in [0.25, 0.3) is 0 Å². The molecule has 0 saturated heterocycles. The standard InChI is InChI=1S/C8H12N2O2/c1-3-11-7-5-6-8(10-9-7)12-4-2/h5-6H,3-4H2,1-2H3. The third kappa shape index (κ3) is 2.38. The second-order valence-corrected chi connectivity index (χ2v) is 2.08. The van der Waals surface area contributed by atoms with Crippen molar-refractivity contribution in [1.82, 2.24) is 10.2 Å². The van der Waals surface area contributed by atoms with Crippen molar-refractivity contribution in [2.45, 2.75) is 13.8 Å².